The molecule has 24 heavy (non-hydrogen) atoms. The third-order valence-corrected chi connectivity index (χ3v) is 4.27. The largest absolute Gasteiger partial charge is 0.356 e. The van der Waals surface area contributed by atoms with Gasteiger partial charge in [0.15, 0.2) is 0 Å². The minimum absolute atomic E-state index is 0. The normalized spacial score (nSPS) is 14.2. The van der Waals surface area contributed by atoms with Gasteiger partial charge in [-0.15, -0.1) is 12.4 Å². The molecule has 0 saturated carbocycles. The Hall–Kier alpha value is -2.33. The second-order valence-corrected chi connectivity index (χ2v) is 5.93. The first-order valence-electron chi connectivity index (χ1n) is 8.24. The summed E-state index contributed by atoms with van der Waals surface area (Å²) < 4.78 is 0. The Balaban J connectivity index is 0.00000169. The average molecular weight is 341 g/mol. The van der Waals surface area contributed by atoms with Crippen molar-refractivity contribution in [1.29, 1.82) is 0 Å². The topological polar surface area (TPSA) is 41.1 Å². The van der Waals surface area contributed by atoms with Crippen molar-refractivity contribution in [3.05, 3.63) is 54.6 Å². The smallest absolute Gasteiger partial charge is 0.229 e. The lowest BCUT2D eigenvalue weighted by Gasteiger charge is -2.28. The van der Waals surface area contributed by atoms with Crippen molar-refractivity contribution in [2.75, 3.05) is 23.3 Å². The number of nitrogens with one attached hydrogen (secondary N) is 1. The molecular weight excluding hydrogens is 320 g/mol. The van der Waals surface area contributed by atoms with Crippen molar-refractivity contribution in [3.8, 4) is 0 Å². The number of anilines is 3. The Kier molecular flexibility index (Phi) is 5.16. The predicted molar refractivity (Wildman–Crippen MR) is 103 cm³/mol. The fraction of sp³-hybridized carbons (Fsp3) is 0.263. The number of fused-ring (bicyclic) bond motifs is 1. The van der Waals surface area contributed by atoms with Crippen LogP contribution in [0.5, 0.6) is 0 Å². The zero-order chi connectivity index (χ0) is 15.5. The van der Waals surface area contributed by atoms with Crippen LogP contribution in [0, 0.1) is 0 Å². The number of nitrogens with zero attached hydrogens (tertiary/aromatic N) is 3. The van der Waals surface area contributed by atoms with E-state index in [4.69, 9.17) is 4.98 Å². The minimum Gasteiger partial charge on any atom is -0.356 e. The predicted octanol–water partition coefficient (Wildman–Crippen LogP) is 4.79. The van der Waals surface area contributed by atoms with E-state index in [-0.39, 0.29) is 12.4 Å². The number of rotatable bonds is 3. The molecule has 3 aromatic rings. The van der Waals surface area contributed by atoms with Crippen molar-refractivity contribution >= 4 is 40.8 Å². The molecule has 0 atom stereocenters. The van der Waals surface area contributed by atoms with Crippen molar-refractivity contribution < 1.29 is 0 Å². The molecule has 0 aliphatic carbocycles. The molecule has 2 heterocycles. The average Bonchev–Trinajstić information content (AvgIpc) is 2.63. The van der Waals surface area contributed by atoms with E-state index in [1.165, 1.54) is 19.3 Å². The highest BCUT2D eigenvalue weighted by molar-refractivity contribution is 5.90. The first kappa shape index (κ1) is 16.5. The van der Waals surface area contributed by atoms with E-state index in [1.54, 1.807) is 0 Å². The van der Waals surface area contributed by atoms with Gasteiger partial charge >= 0.3 is 0 Å². The summed E-state index contributed by atoms with van der Waals surface area (Å²) in [5.74, 6) is 1.71. The molecule has 0 radical (unpaired) electrons. The van der Waals surface area contributed by atoms with Gasteiger partial charge in [-0.2, -0.15) is 4.98 Å². The van der Waals surface area contributed by atoms with E-state index in [1.807, 2.05) is 36.4 Å². The lowest BCUT2D eigenvalue weighted by Crippen LogP contribution is -2.30. The maximum atomic E-state index is 4.82. The zero-order valence-corrected chi connectivity index (χ0v) is 14.3. The van der Waals surface area contributed by atoms with Crippen LogP contribution in [0.2, 0.25) is 0 Å². The molecule has 1 N–H and O–H groups in total. The van der Waals surface area contributed by atoms with Crippen molar-refractivity contribution in [2.45, 2.75) is 19.3 Å². The molecule has 2 aromatic carbocycles. The highest BCUT2D eigenvalue weighted by atomic mass is 35.5. The molecule has 1 aromatic heterocycles. The number of hydrogen-bond acceptors (Lipinski definition) is 4. The first-order valence-corrected chi connectivity index (χ1v) is 8.24. The third kappa shape index (κ3) is 3.44. The van der Waals surface area contributed by atoms with Gasteiger partial charge in [-0.1, -0.05) is 30.3 Å². The molecule has 5 heteroatoms. The summed E-state index contributed by atoms with van der Waals surface area (Å²) in [5.41, 5.74) is 1.99. The van der Waals surface area contributed by atoms with Gasteiger partial charge in [0.1, 0.15) is 5.82 Å². The van der Waals surface area contributed by atoms with Gasteiger partial charge in [0.2, 0.25) is 5.95 Å². The van der Waals surface area contributed by atoms with Gasteiger partial charge in [-0.3, -0.25) is 0 Å². The van der Waals surface area contributed by atoms with Gasteiger partial charge in [0.05, 0.1) is 5.52 Å². The third-order valence-electron chi connectivity index (χ3n) is 4.27. The SMILES string of the molecule is Cl.c1ccc(Nc2nc(N3CCCCC3)c3ccccc3n2)cc1. The lowest BCUT2D eigenvalue weighted by molar-refractivity contribution is 0.575. The summed E-state index contributed by atoms with van der Waals surface area (Å²) in [7, 11) is 0. The molecule has 4 nitrogen and oxygen atoms in total. The van der Waals surface area contributed by atoms with E-state index < -0.39 is 0 Å². The van der Waals surface area contributed by atoms with Crippen LogP contribution in [0.1, 0.15) is 19.3 Å². The maximum Gasteiger partial charge on any atom is 0.229 e. The molecule has 1 aliphatic heterocycles. The standard InChI is InChI=1S/C19H20N4.ClH/c1-3-9-15(10-4-1)20-19-21-17-12-6-5-11-16(17)18(22-19)23-13-7-2-8-14-23;/h1,3-6,9-12H,2,7-8,13-14H2,(H,20,21,22);1H. The first-order chi connectivity index (χ1) is 11.4. The highest BCUT2D eigenvalue weighted by Gasteiger charge is 2.16. The Morgan fingerprint density at radius 1 is 0.792 bits per heavy atom. The molecule has 0 spiro atoms. The molecule has 124 valence electrons. The fourth-order valence-corrected chi connectivity index (χ4v) is 3.11. The second-order valence-electron chi connectivity index (χ2n) is 5.93. The number of halogens is 1. The summed E-state index contributed by atoms with van der Waals surface area (Å²) in [6.45, 7) is 2.15. The molecule has 0 bridgehead atoms. The van der Waals surface area contributed by atoms with Gasteiger partial charge in [0.25, 0.3) is 0 Å². The van der Waals surface area contributed by atoms with Crippen LogP contribution in [0.4, 0.5) is 17.5 Å². The Morgan fingerprint density at radius 2 is 1.50 bits per heavy atom. The van der Waals surface area contributed by atoms with Gasteiger partial charge in [0, 0.05) is 24.2 Å². The van der Waals surface area contributed by atoms with Crippen LogP contribution in [0.25, 0.3) is 10.9 Å². The molecule has 0 amide bonds. The van der Waals surface area contributed by atoms with Crippen molar-refractivity contribution in [3.63, 3.8) is 0 Å². The van der Waals surface area contributed by atoms with Crippen LogP contribution in [-0.4, -0.2) is 23.1 Å². The van der Waals surface area contributed by atoms with Crippen LogP contribution >= 0.6 is 12.4 Å². The van der Waals surface area contributed by atoms with Crippen molar-refractivity contribution in [1.82, 2.24) is 9.97 Å². The van der Waals surface area contributed by atoms with E-state index in [0.717, 1.165) is 35.5 Å². The number of para-hydroxylation sites is 2. The zero-order valence-electron chi connectivity index (χ0n) is 13.5. The monoisotopic (exact) mass is 340 g/mol. The summed E-state index contributed by atoms with van der Waals surface area (Å²) >= 11 is 0. The minimum atomic E-state index is 0. The summed E-state index contributed by atoms with van der Waals surface area (Å²) in [5, 5.41) is 4.46. The summed E-state index contributed by atoms with van der Waals surface area (Å²) in [4.78, 5) is 11.9. The maximum absolute atomic E-state index is 4.82. The van der Waals surface area contributed by atoms with E-state index >= 15 is 0 Å². The second kappa shape index (κ2) is 7.49. The molecule has 0 unspecified atom stereocenters. The molecule has 1 fully saturated rings. The molecule has 1 aliphatic rings. The van der Waals surface area contributed by atoms with Crippen LogP contribution in [0.3, 0.4) is 0 Å². The summed E-state index contributed by atoms with van der Waals surface area (Å²) in [6, 6.07) is 18.3. The summed E-state index contributed by atoms with van der Waals surface area (Å²) in [6.07, 6.45) is 3.79. The van der Waals surface area contributed by atoms with Gasteiger partial charge in [-0.25, -0.2) is 4.98 Å². The lowest BCUT2D eigenvalue weighted by atomic mass is 10.1. The van der Waals surface area contributed by atoms with E-state index in [0.29, 0.717) is 5.95 Å². The quantitative estimate of drug-likeness (QED) is 0.744. The van der Waals surface area contributed by atoms with Gasteiger partial charge < -0.3 is 10.2 Å². The molecule has 1 saturated heterocycles. The molecular formula is C19H21ClN4. The molecule has 4 rings (SSSR count). The van der Waals surface area contributed by atoms with E-state index in [9.17, 15) is 0 Å². The number of hydrogen-bond donors (Lipinski definition) is 1. The van der Waals surface area contributed by atoms with Crippen LogP contribution < -0.4 is 10.2 Å². The van der Waals surface area contributed by atoms with Crippen molar-refractivity contribution in [2.24, 2.45) is 0 Å². The number of benzene rings is 2. The highest BCUT2D eigenvalue weighted by Crippen LogP contribution is 2.28. The Labute approximate surface area is 148 Å². The fourth-order valence-electron chi connectivity index (χ4n) is 3.11. The van der Waals surface area contributed by atoms with Gasteiger partial charge in [-0.05, 0) is 43.5 Å². The van der Waals surface area contributed by atoms with E-state index in [2.05, 4.69) is 33.4 Å². The van der Waals surface area contributed by atoms with Crippen LogP contribution in [-0.2, 0) is 0 Å². The Morgan fingerprint density at radius 3 is 2.29 bits per heavy atom. The Bertz CT molecular complexity index is 801. The van der Waals surface area contributed by atoms with Crippen LogP contribution in [0.15, 0.2) is 54.6 Å². The number of aromatic nitrogens is 2. The number of piperidine rings is 1.